The Hall–Kier alpha value is -4.40. The molecule has 5 rings (SSSR count). The molecule has 1 aliphatic carbocycles. The highest BCUT2D eigenvalue weighted by Crippen LogP contribution is 2.37. The Labute approximate surface area is 343 Å². The van der Waals surface area contributed by atoms with E-state index in [-0.39, 0.29) is 49.3 Å². The Morgan fingerprint density at radius 2 is 1.57 bits per heavy atom. The second-order valence-electron chi connectivity index (χ2n) is 14.7. The van der Waals surface area contributed by atoms with Crippen molar-refractivity contribution in [3.05, 3.63) is 72.3 Å². The number of hydrogen-bond acceptors (Lipinski definition) is 9. The summed E-state index contributed by atoms with van der Waals surface area (Å²) < 4.78 is 16.0. The molecule has 308 valence electrons. The summed E-state index contributed by atoms with van der Waals surface area (Å²) in [4.78, 5) is 18.2. The number of guanidine groups is 1. The van der Waals surface area contributed by atoms with Crippen molar-refractivity contribution in [2.75, 3.05) is 19.7 Å². The third-order valence-electron chi connectivity index (χ3n) is 9.84. The van der Waals surface area contributed by atoms with Gasteiger partial charge >= 0.3 is 0 Å². The van der Waals surface area contributed by atoms with E-state index >= 15 is 0 Å². The lowest BCUT2D eigenvalue weighted by atomic mass is 9.87. The molecule has 0 saturated heterocycles. The first-order valence-corrected chi connectivity index (χ1v) is 19.6. The normalized spacial score (nSPS) is 13.9. The summed E-state index contributed by atoms with van der Waals surface area (Å²) in [5, 5.41) is 21.1. The van der Waals surface area contributed by atoms with E-state index in [1.165, 1.54) is 19.3 Å². The average molecular weight is 815 g/mol. The number of para-hydroxylation sites is 2. The molecule has 0 unspecified atom stereocenters. The Balaban J connectivity index is 0.00000420. The van der Waals surface area contributed by atoms with Gasteiger partial charge < -0.3 is 32.0 Å². The zero-order valence-corrected chi connectivity index (χ0v) is 34.4. The largest absolute Gasteiger partial charge is 0.493 e. The van der Waals surface area contributed by atoms with Gasteiger partial charge in [-0.15, -0.1) is 35.0 Å². The van der Waals surface area contributed by atoms with Crippen molar-refractivity contribution in [2.45, 2.75) is 116 Å². The summed E-state index contributed by atoms with van der Waals surface area (Å²) in [6, 6.07) is 15.1. The lowest BCUT2D eigenvalue weighted by Gasteiger charge is -2.23. The van der Waals surface area contributed by atoms with Crippen LogP contribution in [0.5, 0.6) is 11.5 Å². The van der Waals surface area contributed by atoms with Gasteiger partial charge in [0.25, 0.3) is 0 Å². The third-order valence-corrected chi connectivity index (χ3v) is 9.84. The molecule has 0 bridgehead atoms. The highest BCUT2D eigenvalue weighted by atomic mass is 35.5. The van der Waals surface area contributed by atoms with Gasteiger partial charge in [-0.1, -0.05) is 79.9 Å². The fourth-order valence-corrected chi connectivity index (χ4v) is 6.85. The van der Waals surface area contributed by atoms with E-state index in [2.05, 4.69) is 44.8 Å². The molecule has 1 aliphatic rings. The molecule has 2 atom stereocenters. The topological polar surface area (TPSA) is 199 Å². The van der Waals surface area contributed by atoms with Crippen molar-refractivity contribution in [1.82, 2.24) is 35.3 Å². The first-order chi connectivity index (χ1) is 26.3. The van der Waals surface area contributed by atoms with Crippen LogP contribution in [0.3, 0.4) is 0 Å². The van der Waals surface area contributed by atoms with Crippen LogP contribution in [0.2, 0.25) is 0 Å². The van der Waals surface area contributed by atoms with E-state index in [1.54, 1.807) is 10.9 Å². The average Bonchev–Trinajstić information content (AvgIpc) is 3.85. The van der Waals surface area contributed by atoms with Crippen molar-refractivity contribution in [3.63, 3.8) is 0 Å². The molecule has 1 fully saturated rings. The van der Waals surface area contributed by atoms with Gasteiger partial charge in [0.05, 0.1) is 25.0 Å². The van der Waals surface area contributed by atoms with Gasteiger partial charge in [0.1, 0.15) is 29.8 Å². The maximum absolute atomic E-state index is 14.1. The van der Waals surface area contributed by atoms with E-state index in [0.717, 1.165) is 54.7 Å². The van der Waals surface area contributed by atoms with Gasteiger partial charge in [-0.2, -0.15) is 0 Å². The van der Waals surface area contributed by atoms with E-state index in [4.69, 9.17) is 26.7 Å². The minimum absolute atomic E-state index is 0. The molecule has 0 radical (unpaired) electrons. The van der Waals surface area contributed by atoms with E-state index < -0.39 is 6.04 Å². The molecule has 0 aliphatic heterocycles. The van der Waals surface area contributed by atoms with Gasteiger partial charge in [0.15, 0.2) is 5.96 Å². The summed E-state index contributed by atoms with van der Waals surface area (Å²) >= 11 is 0. The molecule has 16 heteroatoms. The zero-order chi connectivity index (χ0) is 38.1. The number of carbonyl (C=O) groups is 1. The molecule has 56 heavy (non-hydrogen) atoms. The van der Waals surface area contributed by atoms with Crippen molar-refractivity contribution in [2.24, 2.45) is 28.1 Å². The van der Waals surface area contributed by atoms with Crippen molar-refractivity contribution in [3.8, 4) is 22.6 Å². The maximum atomic E-state index is 14.1. The van der Waals surface area contributed by atoms with E-state index in [0.29, 0.717) is 68.8 Å². The second kappa shape index (κ2) is 24.3. The Kier molecular flexibility index (Phi) is 19.9. The van der Waals surface area contributed by atoms with Crippen molar-refractivity contribution >= 4 is 36.7 Å². The van der Waals surface area contributed by atoms with Gasteiger partial charge in [-0.25, -0.2) is 4.68 Å². The molecule has 2 heterocycles. The standard InChI is InChI=1S/C40H59N11O3.2ClH/c1-29(2)21-24-53-37-19-8-6-16-33(37)34-17-7-9-20-38(34)54-28-32-26-51(49-46-32)36(18-10-11-22-41)39(52)45-31(15-12-23-44-40(42)43)25-50-27-35(47-48-50)30-13-4-3-5-14-30;;/h6-9,16-17,19-20,26-27,29-31,36H,3-5,10-15,18,21-25,28,41H2,1-2H3,(H,45,52)(H4,42,43,44);2*1H/t31-,36-;;/m1../s1. The monoisotopic (exact) mass is 813 g/mol. The smallest absolute Gasteiger partial charge is 0.245 e. The van der Waals surface area contributed by atoms with Crippen LogP contribution in [-0.2, 0) is 17.9 Å². The number of halogens is 2. The lowest BCUT2D eigenvalue weighted by molar-refractivity contribution is -0.125. The number of amides is 1. The molecular formula is C40H61Cl2N11O3. The van der Waals surface area contributed by atoms with E-state index in [1.807, 2.05) is 59.4 Å². The Morgan fingerprint density at radius 1 is 0.875 bits per heavy atom. The summed E-state index contributed by atoms with van der Waals surface area (Å²) in [6.45, 7) is 6.67. The number of hydrogen-bond donors (Lipinski definition) is 4. The molecule has 1 saturated carbocycles. The lowest BCUT2D eigenvalue weighted by Crippen LogP contribution is -2.42. The SMILES string of the molecule is CC(C)CCOc1ccccc1-c1ccccc1OCc1cn([C@H](CCCCN)C(=O)N[C@H](CCCN=C(N)N)Cn2cc(C3CCCCC3)nn2)nn1.Cl.Cl. The van der Waals surface area contributed by atoms with Crippen molar-refractivity contribution < 1.29 is 14.3 Å². The number of aromatic nitrogens is 6. The number of aliphatic imine (C=N–C) groups is 1. The number of unbranched alkanes of at least 4 members (excludes halogenated alkanes) is 1. The minimum Gasteiger partial charge on any atom is -0.493 e. The van der Waals surface area contributed by atoms with E-state index in [9.17, 15) is 4.79 Å². The van der Waals surface area contributed by atoms with Crippen LogP contribution in [-0.4, -0.2) is 67.6 Å². The first kappa shape index (κ1) is 46.0. The molecule has 0 spiro atoms. The van der Waals surface area contributed by atoms with Crippen LogP contribution in [0.15, 0.2) is 65.9 Å². The predicted molar refractivity (Wildman–Crippen MR) is 225 cm³/mol. The minimum atomic E-state index is -0.589. The molecular weight excluding hydrogens is 753 g/mol. The van der Waals surface area contributed by atoms with Gasteiger partial charge in [-0.05, 0) is 76.0 Å². The summed E-state index contributed by atoms with van der Waals surface area (Å²) in [6.07, 6.45) is 14.2. The summed E-state index contributed by atoms with van der Waals surface area (Å²) in [5.74, 6) is 2.41. The second-order valence-corrected chi connectivity index (χ2v) is 14.7. The fourth-order valence-electron chi connectivity index (χ4n) is 6.85. The number of carbonyl (C=O) groups excluding carboxylic acids is 1. The molecule has 1 amide bonds. The Morgan fingerprint density at radius 3 is 2.25 bits per heavy atom. The number of ether oxygens (including phenoxy) is 2. The van der Waals surface area contributed by atoms with Crippen LogP contribution in [0.1, 0.15) is 108 Å². The number of nitrogens with two attached hydrogens (primary N) is 3. The van der Waals surface area contributed by atoms with Crippen LogP contribution in [0.25, 0.3) is 11.1 Å². The summed E-state index contributed by atoms with van der Waals surface area (Å²) in [7, 11) is 0. The highest BCUT2D eigenvalue weighted by Gasteiger charge is 2.26. The molecule has 7 N–H and O–H groups in total. The first-order valence-electron chi connectivity index (χ1n) is 19.6. The number of nitrogens with zero attached hydrogens (tertiary/aromatic N) is 7. The van der Waals surface area contributed by atoms with Gasteiger partial charge in [-0.3, -0.25) is 14.5 Å². The van der Waals surface area contributed by atoms with Crippen LogP contribution in [0.4, 0.5) is 0 Å². The maximum Gasteiger partial charge on any atom is 0.245 e. The highest BCUT2D eigenvalue weighted by molar-refractivity contribution is 5.85. The number of benzene rings is 2. The van der Waals surface area contributed by atoms with Crippen LogP contribution in [0, 0.1) is 5.92 Å². The van der Waals surface area contributed by atoms with Gasteiger partial charge in [0, 0.05) is 35.8 Å². The quantitative estimate of drug-likeness (QED) is 0.0394. The predicted octanol–water partition coefficient (Wildman–Crippen LogP) is 6.34. The van der Waals surface area contributed by atoms with Crippen LogP contribution < -0.4 is 32.0 Å². The molecule has 14 nitrogen and oxygen atoms in total. The molecule has 4 aromatic rings. The zero-order valence-electron chi connectivity index (χ0n) is 32.8. The molecule has 2 aromatic heterocycles. The number of nitrogens with one attached hydrogen (secondary N) is 1. The number of rotatable bonds is 22. The van der Waals surface area contributed by atoms with Gasteiger partial charge in [0.2, 0.25) is 5.91 Å². The summed E-state index contributed by atoms with van der Waals surface area (Å²) in [5.41, 5.74) is 20.5. The Bertz CT molecular complexity index is 1760. The van der Waals surface area contributed by atoms with Crippen LogP contribution >= 0.6 is 24.8 Å². The third kappa shape index (κ3) is 14.3. The van der Waals surface area contributed by atoms with Crippen molar-refractivity contribution in [1.29, 1.82) is 0 Å². The fraction of sp³-hybridized carbons (Fsp3) is 0.550. The molecule has 2 aromatic carbocycles.